The molecule has 0 saturated carbocycles. The number of carbonyl (C=O) groups excluding carboxylic acids is 1. The lowest BCUT2D eigenvalue weighted by molar-refractivity contribution is -0.118. The van der Waals surface area contributed by atoms with E-state index in [9.17, 15) is 13.6 Å². The van der Waals surface area contributed by atoms with E-state index < -0.39 is 11.6 Å². The van der Waals surface area contributed by atoms with E-state index in [1.54, 1.807) is 0 Å². The fourth-order valence-corrected chi connectivity index (χ4v) is 1.38. The van der Waals surface area contributed by atoms with Gasteiger partial charge in [-0.2, -0.15) is 0 Å². The average molecular weight is 243 g/mol. The van der Waals surface area contributed by atoms with Crippen LogP contribution >= 0.6 is 0 Å². The van der Waals surface area contributed by atoms with Crippen LogP contribution in [0.5, 0.6) is 0 Å². The summed E-state index contributed by atoms with van der Waals surface area (Å²) in [5.74, 6) is -1.83. The molecule has 0 atom stereocenters. The van der Waals surface area contributed by atoms with Crippen molar-refractivity contribution in [2.75, 3.05) is 17.6 Å². The topological polar surface area (TPSA) is 81.1 Å². The van der Waals surface area contributed by atoms with Crippen LogP contribution in [0.15, 0.2) is 12.1 Å². The van der Waals surface area contributed by atoms with E-state index in [0.717, 1.165) is 12.1 Å². The van der Waals surface area contributed by atoms with Gasteiger partial charge in [-0.25, -0.2) is 8.78 Å². The Hall–Kier alpha value is -1.85. The smallest absolute Gasteiger partial charge is 0.217 e. The largest absolute Gasteiger partial charge is 0.395 e. The van der Waals surface area contributed by atoms with Crippen molar-refractivity contribution in [1.29, 1.82) is 0 Å². The first-order chi connectivity index (χ1) is 8.00. The third-order valence-electron chi connectivity index (χ3n) is 2.26. The van der Waals surface area contributed by atoms with Crippen LogP contribution < -0.4 is 16.8 Å². The molecule has 94 valence electrons. The Kier molecular flexibility index (Phi) is 4.68. The number of anilines is 2. The Balaban J connectivity index is 2.44. The first-order valence-corrected chi connectivity index (χ1v) is 5.27. The summed E-state index contributed by atoms with van der Waals surface area (Å²) in [5.41, 5.74) is 10.5. The standard InChI is InChI=1S/C11H15F2N3O/c12-7-5-8(13)11(15)9(6-7)16-4-2-1-3-10(14)17/h5-6,16H,1-4,15H2,(H2,14,17). The second-order valence-corrected chi connectivity index (χ2v) is 3.70. The molecule has 5 N–H and O–H groups in total. The summed E-state index contributed by atoms with van der Waals surface area (Å²) in [7, 11) is 0. The molecule has 0 unspecified atom stereocenters. The SMILES string of the molecule is NC(=O)CCCCNc1cc(F)cc(F)c1N. The van der Waals surface area contributed by atoms with E-state index in [1.807, 2.05) is 0 Å². The average Bonchev–Trinajstić information content (AvgIpc) is 2.23. The van der Waals surface area contributed by atoms with Gasteiger partial charge in [0.2, 0.25) is 5.91 Å². The number of benzene rings is 1. The van der Waals surface area contributed by atoms with Crippen LogP contribution in [0.25, 0.3) is 0 Å². The van der Waals surface area contributed by atoms with Crippen molar-refractivity contribution in [3.05, 3.63) is 23.8 Å². The summed E-state index contributed by atoms with van der Waals surface area (Å²) >= 11 is 0. The van der Waals surface area contributed by atoms with Gasteiger partial charge in [0.25, 0.3) is 0 Å². The van der Waals surface area contributed by atoms with Gasteiger partial charge in [0.15, 0.2) is 5.82 Å². The van der Waals surface area contributed by atoms with E-state index in [2.05, 4.69) is 5.32 Å². The molecule has 0 spiro atoms. The summed E-state index contributed by atoms with van der Waals surface area (Å²) < 4.78 is 25.9. The van der Waals surface area contributed by atoms with Crippen LogP contribution in [0, 0.1) is 11.6 Å². The molecule has 0 aromatic heterocycles. The van der Waals surface area contributed by atoms with Crippen LogP contribution in [0.1, 0.15) is 19.3 Å². The van der Waals surface area contributed by atoms with Gasteiger partial charge < -0.3 is 16.8 Å². The molecule has 17 heavy (non-hydrogen) atoms. The van der Waals surface area contributed by atoms with Gasteiger partial charge in [-0.05, 0) is 18.9 Å². The maximum atomic E-state index is 13.1. The van der Waals surface area contributed by atoms with E-state index in [-0.39, 0.29) is 17.3 Å². The fourth-order valence-electron chi connectivity index (χ4n) is 1.38. The van der Waals surface area contributed by atoms with Crippen LogP contribution in [0.2, 0.25) is 0 Å². The lowest BCUT2D eigenvalue weighted by Gasteiger charge is -2.09. The molecule has 6 heteroatoms. The van der Waals surface area contributed by atoms with Crippen molar-refractivity contribution >= 4 is 17.3 Å². The van der Waals surface area contributed by atoms with Crippen molar-refractivity contribution in [3.8, 4) is 0 Å². The molecule has 0 fully saturated rings. The third kappa shape index (κ3) is 4.26. The molecule has 0 aliphatic rings. The highest BCUT2D eigenvalue weighted by Gasteiger charge is 2.07. The normalized spacial score (nSPS) is 10.2. The molecule has 0 radical (unpaired) electrons. The molecule has 0 bridgehead atoms. The van der Waals surface area contributed by atoms with Crippen molar-refractivity contribution < 1.29 is 13.6 Å². The molecular weight excluding hydrogens is 228 g/mol. The lowest BCUT2D eigenvalue weighted by atomic mass is 10.2. The van der Waals surface area contributed by atoms with Crippen molar-refractivity contribution in [3.63, 3.8) is 0 Å². The highest BCUT2D eigenvalue weighted by Crippen LogP contribution is 2.23. The quantitative estimate of drug-likeness (QED) is 0.524. The first-order valence-electron chi connectivity index (χ1n) is 5.27. The predicted octanol–water partition coefficient (Wildman–Crippen LogP) is 1.61. The maximum absolute atomic E-state index is 13.1. The second kappa shape index (κ2) is 6.03. The maximum Gasteiger partial charge on any atom is 0.217 e. The lowest BCUT2D eigenvalue weighted by Crippen LogP contribution is -2.11. The monoisotopic (exact) mass is 243 g/mol. The Morgan fingerprint density at radius 1 is 1.29 bits per heavy atom. The van der Waals surface area contributed by atoms with Crippen LogP contribution in [-0.2, 0) is 4.79 Å². The number of nitrogen functional groups attached to an aromatic ring is 1. The summed E-state index contributed by atoms with van der Waals surface area (Å²) in [5, 5.41) is 2.81. The summed E-state index contributed by atoms with van der Waals surface area (Å²) in [4.78, 5) is 10.5. The molecule has 0 saturated heterocycles. The number of amides is 1. The molecular formula is C11H15F2N3O. The van der Waals surface area contributed by atoms with E-state index in [0.29, 0.717) is 25.8 Å². The third-order valence-corrected chi connectivity index (χ3v) is 2.26. The Morgan fingerprint density at radius 2 is 2.00 bits per heavy atom. The minimum Gasteiger partial charge on any atom is -0.395 e. The van der Waals surface area contributed by atoms with E-state index in [1.165, 1.54) is 0 Å². The van der Waals surface area contributed by atoms with Crippen molar-refractivity contribution in [1.82, 2.24) is 0 Å². The zero-order valence-corrected chi connectivity index (χ0v) is 9.30. The number of primary amides is 1. The van der Waals surface area contributed by atoms with Gasteiger partial charge in [-0.15, -0.1) is 0 Å². The number of hydrogen-bond acceptors (Lipinski definition) is 3. The highest BCUT2D eigenvalue weighted by molar-refractivity contribution is 5.73. The molecule has 0 aliphatic carbocycles. The van der Waals surface area contributed by atoms with Gasteiger partial charge in [0.05, 0.1) is 11.4 Å². The van der Waals surface area contributed by atoms with Gasteiger partial charge in [-0.3, -0.25) is 4.79 Å². The molecule has 0 heterocycles. The molecule has 1 rings (SSSR count). The number of halogens is 2. The number of unbranched alkanes of at least 4 members (excludes halogenated alkanes) is 1. The van der Waals surface area contributed by atoms with E-state index >= 15 is 0 Å². The number of hydrogen-bond donors (Lipinski definition) is 3. The van der Waals surface area contributed by atoms with Crippen LogP contribution in [0.4, 0.5) is 20.2 Å². The van der Waals surface area contributed by atoms with Gasteiger partial charge >= 0.3 is 0 Å². The van der Waals surface area contributed by atoms with Crippen LogP contribution in [-0.4, -0.2) is 12.5 Å². The number of nitrogens with one attached hydrogen (secondary N) is 1. The number of carbonyl (C=O) groups is 1. The first kappa shape index (κ1) is 13.2. The van der Waals surface area contributed by atoms with Gasteiger partial charge in [0.1, 0.15) is 5.82 Å². The minimum absolute atomic E-state index is 0.110. The summed E-state index contributed by atoms with van der Waals surface area (Å²) in [6.07, 6.45) is 1.59. The van der Waals surface area contributed by atoms with E-state index in [4.69, 9.17) is 11.5 Å². The minimum atomic E-state index is -0.787. The Bertz CT molecular complexity index is 410. The molecule has 1 aromatic carbocycles. The highest BCUT2D eigenvalue weighted by atomic mass is 19.1. The summed E-state index contributed by atoms with van der Waals surface area (Å²) in [6, 6.07) is 1.86. The van der Waals surface area contributed by atoms with Crippen LogP contribution in [0.3, 0.4) is 0 Å². The number of nitrogens with two attached hydrogens (primary N) is 2. The zero-order valence-electron chi connectivity index (χ0n) is 9.30. The predicted molar refractivity (Wildman–Crippen MR) is 62.3 cm³/mol. The van der Waals surface area contributed by atoms with Gasteiger partial charge in [-0.1, -0.05) is 0 Å². The zero-order chi connectivity index (χ0) is 12.8. The second-order valence-electron chi connectivity index (χ2n) is 3.70. The van der Waals surface area contributed by atoms with Gasteiger partial charge in [0, 0.05) is 19.0 Å². The Morgan fingerprint density at radius 3 is 2.65 bits per heavy atom. The molecule has 0 aliphatic heterocycles. The molecule has 4 nitrogen and oxygen atoms in total. The molecule has 1 amide bonds. The van der Waals surface area contributed by atoms with Crippen molar-refractivity contribution in [2.24, 2.45) is 5.73 Å². The Labute approximate surface area is 98.0 Å². The fraction of sp³-hybridized carbons (Fsp3) is 0.364. The number of rotatable bonds is 6. The summed E-state index contributed by atoms with van der Waals surface area (Å²) in [6.45, 7) is 0.473. The van der Waals surface area contributed by atoms with Crippen molar-refractivity contribution in [2.45, 2.75) is 19.3 Å². The molecule has 1 aromatic rings.